The summed E-state index contributed by atoms with van der Waals surface area (Å²) in [6.45, 7) is 6.23. The lowest BCUT2D eigenvalue weighted by Gasteiger charge is -2.35. The molecule has 0 bridgehead atoms. The van der Waals surface area contributed by atoms with Crippen molar-refractivity contribution in [3.8, 4) is 0 Å². The molecule has 1 saturated heterocycles. The van der Waals surface area contributed by atoms with Crippen LogP contribution in [-0.2, 0) is 22.9 Å². The van der Waals surface area contributed by atoms with E-state index in [9.17, 15) is 8.42 Å². The fourth-order valence-electron chi connectivity index (χ4n) is 3.14. The van der Waals surface area contributed by atoms with Crippen LogP contribution >= 0.6 is 0 Å². The Bertz CT molecular complexity index is 653. The van der Waals surface area contributed by atoms with Gasteiger partial charge in [0.2, 0.25) is 10.0 Å². The van der Waals surface area contributed by atoms with E-state index in [1.54, 1.807) is 0 Å². The Morgan fingerprint density at radius 2 is 1.73 bits per heavy atom. The third-order valence-corrected chi connectivity index (χ3v) is 5.58. The van der Waals surface area contributed by atoms with E-state index in [1.165, 1.54) is 16.1 Å². The highest BCUT2D eigenvalue weighted by molar-refractivity contribution is 7.88. The molecule has 0 radical (unpaired) electrons. The van der Waals surface area contributed by atoms with E-state index in [-0.39, 0.29) is 0 Å². The zero-order chi connectivity index (χ0) is 15.7. The standard InChI is InChI=1S/C14H23N5O2S/c1-11-16-13-4-6-15-5-3-12(13)14(17-11)18-7-9-19(10-8-18)22(2,20)21/h15H,3-10H2,1-2H3. The smallest absolute Gasteiger partial charge is 0.211 e. The maximum absolute atomic E-state index is 11.6. The van der Waals surface area contributed by atoms with E-state index < -0.39 is 10.0 Å². The Kier molecular flexibility index (Phi) is 4.33. The van der Waals surface area contributed by atoms with E-state index in [0.717, 1.165) is 43.3 Å². The first-order valence-electron chi connectivity index (χ1n) is 7.72. The molecule has 0 unspecified atom stereocenters. The van der Waals surface area contributed by atoms with Crippen LogP contribution in [0.4, 0.5) is 5.82 Å². The molecule has 0 atom stereocenters. The summed E-state index contributed by atoms with van der Waals surface area (Å²) in [4.78, 5) is 11.5. The van der Waals surface area contributed by atoms with Gasteiger partial charge in [-0.15, -0.1) is 0 Å². The van der Waals surface area contributed by atoms with E-state index in [4.69, 9.17) is 0 Å². The lowest BCUT2D eigenvalue weighted by molar-refractivity contribution is 0.386. The van der Waals surface area contributed by atoms with Crippen LogP contribution < -0.4 is 10.2 Å². The van der Waals surface area contributed by atoms with Gasteiger partial charge in [-0.3, -0.25) is 0 Å². The highest BCUT2D eigenvalue weighted by atomic mass is 32.2. The first-order valence-corrected chi connectivity index (χ1v) is 9.57. The van der Waals surface area contributed by atoms with Gasteiger partial charge in [0.05, 0.1) is 11.9 Å². The van der Waals surface area contributed by atoms with Crippen LogP contribution in [0.25, 0.3) is 0 Å². The van der Waals surface area contributed by atoms with Crippen LogP contribution in [0.1, 0.15) is 17.1 Å². The maximum atomic E-state index is 11.6. The van der Waals surface area contributed by atoms with Gasteiger partial charge in [0.15, 0.2) is 0 Å². The number of hydrogen-bond acceptors (Lipinski definition) is 6. The first kappa shape index (κ1) is 15.6. The predicted molar refractivity (Wildman–Crippen MR) is 85.7 cm³/mol. The Morgan fingerprint density at radius 1 is 1.05 bits per heavy atom. The number of nitrogens with zero attached hydrogens (tertiary/aromatic N) is 4. The lowest BCUT2D eigenvalue weighted by Crippen LogP contribution is -2.49. The van der Waals surface area contributed by atoms with Gasteiger partial charge < -0.3 is 10.2 Å². The molecule has 8 heteroatoms. The van der Waals surface area contributed by atoms with Gasteiger partial charge in [-0.05, 0) is 19.9 Å². The van der Waals surface area contributed by atoms with Crippen molar-refractivity contribution in [2.45, 2.75) is 19.8 Å². The zero-order valence-corrected chi connectivity index (χ0v) is 14.0. The third kappa shape index (κ3) is 3.23. The summed E-state index contributed by atoms with van der Waals surface area (Å²) in [5.41, 5.74) is 2.36. The Labute approximate surface area is 131 Å². The molecule has 0 spiro atoms. The Hall–Kier alpha value is -1.25. The van der Waals surface area contributed by atoms with Gasteiger partial charge in [0.25, 0.3) is 0 Å². The van der Waals surface area contributed by atoms with Crippen molar-refractivity contribution in [3.05, 3.63) is 17.1 Å². The summed E-state index contributed by atoms with van der Waals surface area (Å²) in [5, 5.41) is 3.40. The highest BCUT2D eigenvalue weighted by Crippen LogP contribution is 2.24. The average molecular weight is 325 g/mol. The molecule has 2 aliphatic rings. The van der Waals surface area contributed by atoms with Crippen molar-refractivity contribution in [1.82, 2.24) is 19.6 Å². The number of fused-ring (bicyclic) bond motifs is 1. The largest absolute Gasteiger partial charge is 0.354 e. The van der Waals surface area contributed by atoms with Crippen molar-refractivity contribution in [1.29, 1.82) is 0 Å². The van der Waals surface area contributed by atoms with Gasteiger partial charge in [-0.2, -0.15) is 4.31 Å². The zero-order valence-electron chi connectivity index (χ0n) is 13.2. The van der Waals surface area contributed by atoms with Crippen molar-refractivity contribution in [3.63, 3.8) is 0 Å². The van der Waals surface area contributed by atoms with E-state index in [0.29, 0.717) is 26.2 Å². The van der Waals surface area contributed by atoms with Crippen LogP contribution in [0.15, 0.2) is 0 Å². The topological polar surface area (TPSA) is 78.4 Å². The summed E-state index contributed by atoms with van der Waals surface area (Å²) in [6, 6.07) is 0. The molecule has 0 aromatic carbocycles. The normalized spacial score (nSPS) is 20.5. The molecule has 122 valence electrons. The van der Waals surface area contributed by atoms with Crippen LogP contribution in [0.2, 0.25) is 0 Å². The molecule has 0 aliphatic carbocycles. The molecular weight excluding hydrogens is 302 g/mol. The van der Waals surface area contributed by atoms with Gasteiger partial charge in [0.1, 0.15) is 11.6 Å². The van der Waals surface area contributed by atoms with Crippen molar-refractivity contribution in [2.75, 3.05) is 50.4 Å². The summed E-state index contributed by atoms with van der Waals surface area (Å²) >= 11 is 0. The molecule has 22 heavy (non-hydrogen) atoms. The Balaban J connectivity index is 1.85. The van der Waals surface area contributed by atoms with Crippen molar-refractivity contribution in [2.24, 2.45) is 0 Å². The van der Waals surface area contributed by atoms with Gasteiger partial charge in [-0.25, -0.2) is 18.4 Å². The number of piperazine rings is 1. The van der Waals surface area contributed by atoms with Gasteiger partial charge in [-0.1, -0.05) is 0 Å². The van der Waals surface area contributed by atoms with Gasteiger partial charge in [0, 0.05) is 44.7 Å². The van der Waals surface area contributed by atoms with Crippen molar-refractivity contribution >= 4 is 15.8 Å². The number of sulfonamides is 1. The van der Waals surface area contributed by atoms with Crippen LogP contribution in [0.5, 0.6) is 0 Å². The lowest BCUT2D eigenvalue weighted by atomic mass is 10.1. The molecule has 0 saturated carbocycles. The summed E-state index contributed by atoms with van der Waals surface area (Å²) < 4.78 is 24.8. The second-order valence-corrected chi connectivity index (χ2v) is 7.90. The monoisotopic (exact) mass is 325 g/mol. The number of aromatic nitrogens is 2. The second-order valence-electron chi connectivity index (χ2n) is 5.92. The minimum absolute atomic E-state index is 0.523. The Morgan fingerprint density at radius 3 is 2.41 bits per heavy atom. The molecule has 3 heterocycles. The second kappa shape index (κ2) is 6.10. The molecule has 1 fully saturated rings. The first-order chi connectivity index (χ1) is 10.4. The molecule has 1 aromatic rings. The SMILES string of the molecule is Cc1nc2c(c(N3CCN(S(C)(=O)=O)CC3)n1)CCNCC2. The van der Waals surface area contributed by atoms with E-state index in [1.807, 2.05) is 6.92 Å². The minimum atomic E-state index is -3.10. The maximum Gasteiger partial charge on any atom is 0.211 e. The quantitative estimate of drug-likeness (QED) is 0.794. The molecule has 1 aromatic heterocycles. The number of hydrogen-bond donors (Lipinski definition) is 1. The fraction of sp³-hybridized carbons (Fsp3) is 0.714. The fourth-order valence-corrected chi connectivity index (χ4v) is 3.97. The molecule has 7 nitrogen and oxygen atoms in total. The van der Waals surface area contributed by atoms with Crippen LogP contribution in [-0.4, -0.2) is 68.2 Å². The number of anilines is 1. The number of rotatable bonds is 2. The third-order valence-electron chi connectivity index (χ3n) is 4.28. The molecule has 3 rings (SSSR count). The number of nitrogens with one attached hydrogen (secondary N) is 1. The van der Waals surface area contributed by atoms with E-state index in [2.05, 4.69) is 20.2 Å². The molecule has 0 amide bonds. The molecular formula is C14H23N5O2S. The minimum Gasteiger partial charge on any atom is -0.354 e. The van der Waals surface area contributed by atoms with Crippen LogP contribution in [0.3, 0.4) is 0 Å². The highest BCUT2D eigenvalue weighted by Gasteiger charge is 2.27. The summed E-state index contributed by atoms with van der Waals surface area (Å²) in [7, 11) is -3.10. The average Bonchev–Trinajstić information content (AvgIpc) is 2.71. The molecule has 1 N–H and O–H groups in total. The van der Waals surface area contributed by atoms with Crippen LogP contribution in [0, 0.1) is 6.92 Å². The van der Waals surface area contributed by atoms with E-state index >= 15 is 0 Å². The van der Waals surface area contributed by atoms with Crippen molar-refractivity contribution < 1.29 is 8.42 Å². The molecule has 2 aliphatic heterocycles. The summed E-state index contributed by atoms with van der Waals surface area (Å²) in [6.07, 6.45) is 3.13. The predicted octanol–water partition coefficient (Wildman–Crippen LogP) is -0.445. The summed E-state index contributed by atoms with van der Waals surface area (Å²) in [5.74, 6) is 1.79. The van der Waals surface area contributed by atoms with Gasteiger partial charge >= 0.3 is 0 Å². The number of aryl methyl sites for hydroxylation is 1.